The van der Waals surface area contributed by atoms with Gasteiger partial charge in [0.25, 0.3) is 0 Å². The number of methoxy groups -OCH3 is 1. The third-order valence-corrected chi connectivity index (χ3v) is 7.13. The highest BCUT2D eigenvalue weighted by atomic mass is 16.5. The molecule has 0 saturated carbocycles. The largest absolute Gasteiger partial charge is 0.497 e. The van der Waals surface area contributed by atoms with E-state index >= 15 is 0 Å². The molecule has 1 aliphatic heterocycles. The van der Waals surface area contributed by atoms with E-state index < -0.39 is 0 Å². The van der Waals surface area contributed by atoms with Crippen LogP contribution in [0.5, 0.6) is 5.75 Å². The van der Waals surface area contributed by atoms with Crippen molar-refractivity contribution in [2.45, 2.75) is 19.8 Å². The third kappa shape index (κ3) is 5.24. The Morgan fingerprint density at radius 1 is 0.944 bits per heavy atom. The van der Waals surface area contributed by atoms with E-state index in [1.807, 2.05) is 36.4 Å². The predicted molar refractivity (Wildman–Crippen MR) is 148 cm³/mol. The van der Waals surface area contributed by atoms with E-state index in [4.69, 9.17) is 4.74 Å². The quantitative estimate of drug-likeness (QED) is 0.345. The van der Waals surface area contributed by atoms with Gasteiger partial charge in [-0.25, -0.2) is 0 Å². The van der Waals surface area contributed by atoms with Crippen LogP contribution in [0.1, 0.15) is 18.9 Å². The molecule has 0 atom stereocenters. The van der Waals surface area contributed by atoms with Crippen LogP contribution in [0, 0.1) is 0 Å². The Hall–Kier alpha value is -3.77. The molecular weight excluding hydrogens is 448 g/mol. The molecule has 0 bridgehead atoms. The lowest BCUT2D eigenvalue weighted by atomic mass is 10.0. The first-order chi connectivity index (χ1) is 17.6. The number of rotatable bonds is 8. The standard InChI is InChI=1S/C30H34N4O2/c1-3-33-18-20-34(21-19-33)24-12-10-23(11-13-24)31-29(35)17-16-27-26-6-4-5-7-28(26)32-30(27)22-8-14-25(36-2)15-9-22/h4-15,32H,3,16-21H2,1-2H3,(H,31,35). The van der Waals surface area contributed by atoms with Crippen LogP contribution in [0.25, 0.3) is 22.2 Å². The summed E-state index contributed by atoms with van der Waals surface area (Å²) in [5.74, 6) is 0.843. The summed E-state index contributed by atoms with van der Waals surface area (Å²) in [6.45, 7) is 7.61. The van der Waals surface area contributed by atoms with Gasteiger partial charge in [0.15, 0.2) is 0 Å². The van der Waals surface area contributed by atoms with E-state index in [-0.39, 0.29) is 5.91 Å². The van der Waals surface area contributed by atoms with Crippen LogP contribution in [0.4, 0.5) is 11.4 Å². The van der Waals surface area contributed by atoms with Crippen molar-refractivity contribution in [1.82, 2.24) is 9.88 Å². The molecule has 186 valence electrons. The smallest absolute Gasteiger partial charge is 0.224 e. The zero-order chi connectivity index (χ0) is 24.9. The number of nitrogens with zero attached hydrogens (tertiary/aromatic N) is 2. The number of aryl methyl sites for hydroxylation is 1. The number of likely N-dealkylation sites (N-methyl/N-ethyl adjacent to an activating group) is 1. The molecule has 2 N–H and O–H groups in total. The Balaban J connectivity index is 1.25. The van der Waals surface area contributed by atoms with Gasteiger partial charge in [0.05, 0.1) is 7.11 Å². The monoisotopic (exact) mass is 482 g/mol. The van der Waals surface area contributed by atoms with E-state index in [1.165, 1.54) is 5.69 Å². The fourth-order valence-electron chi connectivity index (χ4n) is 5.00. The van der Waals surface area contributed by atoms with Crippen molar-refractivity contribution in [2.24, 2.45) is 0 Å². The van der Waals surface area contributed by atoms with Gasteiger partial charge in [0.1, 0.15) is 5.75 Å². The molecule has 36 heavy (non-hydrogen) atoms. The summed E-state index contributed by atoms with van der Waals surface area (Å²) in [6, 6.07) is 24.5. The number of carbonyl (C=O) groups excluding carboxylic acids is 1. The molecule has 5 rings (SSSR count). The summed E-state index contributed by atoms with van der Waals surface area (Å²) >= 11 is 0. The molecule has 1 aromatic heterocycles. The lowest BCUT2D eigenvalue weighted by molar-refractivity contribution is -0.116. The first kappa shape index (κ1) is 23.9. The maximum Gasteiger partial charge on any atom is 0.224 e. The van der Waals surface area contributed by atoms with Gasteiger partial charge in [-0.1, -0.05) is 25.1 Å². The normalized spacial score (nSPS) is 14.2. The van der Waals surface area contributed by atoms with Gasteiger partial charge in [0, 0.05) is 60.6 Å². The molecular formula is C30H34N4O2. The first-order valence-electron chi connectivity index (χ1n) is 12.8. The second-order valence-electron chi connectivity index (χ2n) is 9.27. The van der Waals surface area contributed by atoms with Crippen LogP contribution in [-0.2, 0) is 11.2 Å². The van der Waals surface area contributed by atoms with Gasteiger partial charge in [0.2, 0.25) is 5.91 Å². The molecule has 0 radical (unpaired) electrons. The highest BCUT2D eigenvalue weighted by Crippen LogP contribution is 2.32. The Kier molecular flexibility index (Phi) is 7.23. The highest BCUT2D eigenvalue weighted by Gasteiger charge is 2.17. The fourth-order valence-corrected chi connectivity index (χ4v) is 5.00. The third-order valence-electron chi connectivity index (χ3n) is 7.13. The Bertz CT molecular complexity index is 1300. The van der Waals surface area contributed by atoms with Crippen molar-refractivity contribution in [2.75, 3.05) is 50.1 Å². The van der Waals surface area contributed by atoms with Crippen molar-refractivity contribution >= 4 is 28.2 Å². The van der Waals surface area contributed by atoms with E-state index in [0.717, 1.165) is 71.9 Å². The minimum atomic E-state index is 0.0188. The highest BCUT2D eigenvalue weighted by molar-refractivity contribution is 5.94. The fraction of sp³-hybridized carbons (Fsp3) is 0.300. The topological polar surface area (TPSA) is 60.6 Å². The lowest BCUT2D eigenvalue weighted by Gasteiger charge is -2.35. The number of amides is 1. The van der Waals surface area contributed by atoms with Crippen molar-refractivity contribution in [1.29, 1.82) is 0 Å². The van der Waals surface area contributed by atoms with Gasteiger partial charge < -0.3 is 24.8 Å². The number of aromatic nitrogens is 1. The van der Waals surface area contributed by atoms with Crippen LogP contribution >= 0.6 is 0 Å². The number of nitrogens with one attached hydrogen (secondary N) is 2. The molecule has 6 heteroatoms. The van der Waals surface area contributed by atoms with Crippen molar-refractivity contribution in [3.05, 3.63) is 78.4 Å². The zero-order valence-electron chi connectivity index (χ0n) is 21.1. The second-order valence-corrected chi connectivity index (χ2v) is 9.27. The summed E-state index contributed by atoms with van der Waals surface area (Å²) in [7, 11) is 1.67. The zero-order valence-corrected chi connectivity index (χ0v) is 21.1. The molecule has 0 aliphatic carbocycles. The van der Waals surface area contributed by atoms with Crippen LogP contribution in [0.3, 0.4) is 0 Å². The molecule has 1 fully saturated rings. The number of anilines is 2. The number of piperazine rings is 1. The Morgan fingerprint density at radius 3 is 2.36 bits per heavy atom. The molecule has 0 spiro atoms. The lowest BCUT2D eigenvalue weighted by Crippen LogP contribution is -2.46. The maximum absolute atomic E-state index is 12.9. The van der Waals surface area contributed by atoms with Crippen molar-refractivity contribution in [3.63, 3.8) is 0 Å². The average molecular weight is 483 g/mol. The Labute approximate surface area is 212 Å². The first-order valence-corrected chi connectivity index (χ1v) is 12.8. The summed E-state index contributed by atoms with van der Waals surface area (Å²) in [4.78, 5) is 21.3. The van der Waals surface area contributed by atoms with Crippen LogP contribution in [0.2, 0.25) is 0 Å². The molecule has 1 amide bonds. The van der Waals surface area contributed by atoms with Crippen LogP contribution < -0.4 is 15.0 Å². The Morgan fingerprint density at radius 2 is 1.67 bits per heavy atom. The number of H-pyrrole nitrogens is 1. The molecule has 6 nitrogen and oxygen atoms in total. The molecule has 0 unspecified atom stereocenters. The van der Waals surface area contributed by atoms with Crippen molar-refractivity contribution in [3.8, 4) is 17.0 Å². The van der Waals surface area contributed by atoms with Crippen LogP contribution in [-0.4, -0.2) is 55.6 Å². The minimum absolute atomic E-state index is 0.0188. The number of aromatic amines is 1. The average Bonchev–Trinajstić information content (AvgIpc) is 3.31. The van der Waals surface area contributed by atoms with Crippen molar-refractivity contribution < 1.29 is 9.53 Å². The van der Waals surface area contributed by atoms with E-state index in [9.17, 15) is 4.79 Å². The number of hydrogen-bond donors (Lipinski definition) is 2. The van der Waals surface area contributed by atoms with Gasteiger partial charge in [-0.15, -0.1) is 0 Å². The van der Waals surface area contributed by atoms with E-state index in [1.54, 1.807) is 7.11 Å². The molecule has 1 aliphatic rings. The number of hydrogen-bond acceptors (Lipinski definition) is 4. The predicted octanol–water partition coefficient (Wildman–Crippen LogP) is 5.56. The summed E-state index contributed by atoms with van der Waals surface area (Å²) in [5.41, 5.74) is 6.43. The van der Waals surface area contributed by atoms with Gasteiger partial charge >= 0.3 is 0 Å². The number of ether oxygens (including phenoxy) is 1. The molecule has 2 heterocycles. The van der Waals surface area contributed by atoms with E-state index in [0.29, 0.717) is 12.8 Å². The second kappa shape index (κ2) is 10.9. The maximum atomic E-state index is 12.9. The van der Waals surface area contributed by atoms with Gasteiger partial charge in [-0.2, -0.15) is 0 Å². The molecule has 4 aromatic rings. The number of fused-ring (bicyclic) bond motifs is 1. The summed E-state index contributed by atoms with van der Waals surface area (Å²) in [5, 5.41) is 4.24. The summed E-state index contributed by atoms with van der Waals surface area (Å²) < 4.78 is 5.31. The van der Waals surface area contributed by atoms with Crippen LogP contribution in [0.15, 0.2) is 72.8 Å². The number of carbonyl (C=O) groups is 1. The number of para-hydroxylation sites is 1. The van der Waals surface area contributed by atoms with Gasteiger partial charge in [-0.05, 0) is 78.7 Å². The SMILES string of the molecule is CCN1CCN(c2ccc(NC(=O)CCc3c(-c4ccc(OC)cc4)[nH]c4ccccc34)cc2)CC1. The number of benzene rings is 3. The van der Waals surface area contributed by atoms with E-state index in [2.05, 4.69) is 63.4 Å². The molecule has 3 aromatic carbocycles. The summed E-state index contributed by atoms with van der Waals surface area (Å²) in [6.07, 6.45) is 1.06. The molecule has 1 saturated heterocycles. The van der Waals surface area contributed by atoms with Gasteiger partial charge in [-0.3, -0.25) is 4.79 Å². The minimum Gasteiger partial charge on any atom is -0.497 e.